The number of ether oxygens (including phenoxy) is 1. The monoisotopic (exact) mass is 443 g/mol. The van der Waals surface area contributed by atoms with Crippen molar-refractivity contribution in [3.05, 3.63) is 95.0 Å². The fourth-order valence-electron chi connectivity index (χ4n) is 3.94. The van der Waals surface area contributed by atoms with Crippen LogP contribution in [0.2, 0.25) is 0 Å². The second kappa shape index (κ2) is 8.80. The molecule has 3 aromatic carbocycles. The molecule has 2 atom stereocenters. The highest BCUT2D eigenvalue weighted by molar-refractivity contribution is 7.17. The summed E-state index contributed by atoms with van der Waals surface area (Å²) in [5, 5.41) is 6.10. The molecule has 7 heteroatoms. The van der Waals surface area contributed by atoms with Crippen molar-refractivity contribution in [2.24, 2.45) is 0 Å². The van der Waals surface area contributed by atoms with Crippen molar-refractivity contribution in [3.8, 4) is 5.75 Å². The summed E-state index contributed by atoms with van der Waals surface area (Å²) in [6.07, 6.45) is 0. The highest BCUT2D eigenvalue weighted by Crippen LogP contribution is 2.34. The lowest BCUT2D eigenvalue weighted by Crippen LogP contribution is -2.40. The number of rotatable bonds is 6. The minimum atomic E-state index is -0.376. The SMILES string of the molecule is O=C(NCC(NC(=O)C1COc2ccccc21)c1ccccc1)c1cccc2ncsc12. The maximum atomic E-state index is 13.1. The molecule has 2 heterocycles. The van der Waals surface area contributed by atoms with Crippen molar-refractivity contribution in [2.75, 3.05) is 13.2 Å². The normalized spacial score (nSPS) is 15.6. The van der Waals surface area contributed by atoms with Gasteiger partial charge in [-0.25, -0.2) is 4.98 Å². The largest absolute Gasteiger partial charge is 0.492 e. The molecule has 0 aliphatic carbocycles. The lowest BCUT2D eigenvalue weighted by Gasteiger charge is -2.22. The summed E-state index contributed by atoms with van der Waals surface area (Å²) in [6.45, 7) is 0.575. The van der Waals surface area contributed by atoms with Crippen LogP contribution in [0, 0.1) is 0 Å². The van der Waals surface area contributed by atoms with Crippen LogP contribution in [0.15, 0.2) is 78.3 Å². The summed E-state index contributed by atoms with van der Waals surface area (Å²) in [5.41, 5.74) is 4.93. The molecule has 1 aliphatic heterocycles. The van der Waals surface area contributed by atoms with Gasteiger partial charge in [-0.3, -0.25) is 9.59 Å². The van der Waals surface area contributed by atoms with Gasteiger partial charge in [-0.05, 0) is 23.8 Å². The van der Waals surface area contributed by atoms with Crippen LogP contribution >= 0.6 is 11.3 Å². The van der Waals surface area contributed by atoms with Crippen LogP contribution in [-0.4, -0.2) is 29.9 Å². The fourth-order valence-corrected chi connectivity index (χ4v) is 4.75. The third-order valence-corrected chi connectivity index (χ3v) is 6.48. The van der Waals surface area contributed by atoms with E-state index in [1.807, 2.05) is 66.7 Å². The van der Waals surface area contributed by atoms with Gasteiger partial charge in [0.05, 0.1) is 27.3 Å². The topological polar surface area (TPSA) is 80.3 Å². The van der Waals surface area contributed by atoms with Gasteiger partial charge in [0.1, 0.15) is 18.3 Å². The Morgan fingerprint density at radius 2 is 1.84 bits per heavy atom. The number of amides is 2. The molecule has 0 radical (unpaired) electrons. The maximum Gasteiger partial charge on any atom is 0.252 e. The van der Waals surface area contributed by atoms with E-state index in [9.17, 15) is 9.59 Å². The first-order valence-corrected chi connectivity index (χ1v) is 11.3. The standard InChI is InChI=1S/C25H21N3O3S/c29-24(18-10-6-11-20-23(18)32-15-27-20)26-13-21(16-7-2-1-3-8-16)28-25(30)19-14-31-22-12-5-4-9-17(19)22/h1-12,15,19,21H,13-14H2,(H,26,29)(H,28,30). The van der Waals surface area contributed by atoms with Gasteiger partial charge in [0.15, 0.2) is 0 Å². The Morgan fingerprint density at radius 1 is 1.03 bits per heavy atom. The smallest absolute Gasteiger partial charge is 0.252 e. The molecular formula is C25H21N3O3S. The zero-order chi connectivity index (χ0) is 21.9. The van der Waals surface area contributed by atoms with Crippen molar-refractivity contribution < 1.29 is 14.3 Å². The van der Waals surface area contributed by atoms with E-state index in [1.165, 1.54) is 11.3 Å². The van der Waals surface area contributed by atoms with Crippen LogP contribution in [-0.2, 0) is 4.79 Å². The van der Waals surface area contributed by atoms with E-state index in [4.69, 9.17) is 4.74 Å². The number of hydrogen-bond donors (Lipinski definition) is 2. The minimum Gasteiger partial charge on any atom is -0.492 e. The first-order valence-electron chi connectivity index (χ1n) is 10.4. The molecule has 32 heavy (non-hydrogen) atoms. The molecule has 1 aliphatic rings. The summed E-state index contributed by atoms with van der Waals surface area (Å²) in [6, 6.07) is 22.4. The van der Waals surface area contributed by atoms with Crippen molar-refractivity contribution in [1.29, 1.82) is 0 Å². The Kier molecular flexibility index (Phi) is 5.56. The summed E-state index contributed by atoms with van der Waals surface area (Å²) < 4.78 is 6.53. The van der Waals surface area contributed by atoms with Gasteiger partial charge >= 0.3 is 0 Å². The second-order valence-electron chi connectivity index (χ2n) is 7.59. The Bertz CT molecular complexity index is 1270. The summed E-state index contributed by atoms with van der Waals surface area (Å²) in [7, 11) is 0. The van der Waals surface area contributed by atoms with Gasteiger partial charge < -0.3 is 15.4 Å². The molecule has 0 saturated carbocycles. The molecule has 160 valence electrons. The molecule has 0 saturated heterocycles. The molecule has 5 rings (SSSR count). The Balaban J connectivity index is 1.34. The van der Waals surface area contributed by atoms with E-state index in [0.717, 1.165) is 27.1 Å². The summed E-state index contributed by atoms with van der Waals surface area (Å²) in [4.78, 5) is 30.3. The molecule has 6 nitrogen and oxygen atoms in total. The second-order valence-corrected chi connectivity index (χ2v) is 8.44. The third-order valence-electron chi connectivity index (χ3n) is 5.60. The summed E-state index contributed by atoms with van der Waals surface area (Å²) in [5.74, 6) is 0.0566. The van der Waals surface area contributed by atoms with Gasteiger partial charge in [-0.2, -0.15) is 0 Å². The Hall–Kier alpha value is -3.71. The van der Waals surface area contributed by atoms with E-state index < -0.39 is 0 Å². The predicted molar refractivity (Wildman–Crippen MR) is 124 cm³/mol. The fraction of sp³-hybridized carbons (Fsp3) is 0.160. The van der Waals surface area contributed by atoms with Crippen LogP contribution in [0.1, 0.15) is 33.4 Å². The molecule has 1 aromatic heterocycles. The predicted octanol–water partition coefficient (Wildman–Crippen LogP) is 4.06. The van der Waals surface area contributed by atoms with Crippen LogP contribution in [0.4, 0.5) is 0 Å². The quantitative estimate of drug-likeness (QED) is 0.471. The number of carbonyl (C=O) groups is 2. The van der Waals surface area contributed by atoms with Crippen LogP contribution in [0.5, 0.6) is 5.75 Å². The molecule has 0 fully saturated rings. The van der Waals surface area contributed by atoms with E-state index in [1.54, 1.807) is 11.6 Å². The number of benzene rings is 3. The number of hydrogen-bond acceptors (Lipinski definition) is 5. The number of fused-ring (bicyclic) bond motifs is 2. The van der Waals surface area contributed by atoms with Crippen molar-refractivity contribution in [2.45, 2.75) is 12.0 Å². The first-order chi connectivity index (χ1) is 15.7. The maximum absolute atomic E-state index is 13.1. The number of nitrogens with one attached hydrogen (secondary N) is 2. The molecule has 0 spiro atoms. The molecule has 2 amide bonds. The van der Waals surface area contributed by atoms with Crippen molar-refractivity contribution >= 4 is 33.4 Å². The summed E-state index contributed by atoms with van der Waals surface area (Å²) >= 11 is 1.44. The van der Waals surface area contributed by atoms with E-state index >= 15 is 0 Å². The van der Waals surface area contributed by atoms with Gasteiger partial charge in [0, 0.05) is 12.1 Å². The number of thiazole rings is 1. The molecule has 4 aromatic rings. The van der Waals surface area contributed by atoms with E-state index in [-0.39, 0.29) is 30.3 Å². The van der Waals surface area contributed by atoms with Gasteiger partial charge in [-0.1, -0.05) is 54.6 Å². The first kappa shape index (κ1) is 20.2. The average molecular weight is 444 g/mol. The zero-order valence-electron chi connectivity index (χ0n) is 17.2. The molecule has 2 N–H and O–H groups in total. The highest BCUT2D eigenvalue weighted by atomic mass is 32.1. The average Bonchev–Trinajstić information content (AvgIpc) is 3.49. The zero-order valence-corrected chi connectivity index (χ0v) is 18.0. The van der Waals surface area contributed by atoms with Crippen LogP contribution in [0.25, 0.3) is 10.2 Å². The number of nitrogens with zero attached hydrogens (tertiary/aromatic N) is 1. The van der Waals surface area contributed by atoms with Crippen molar-refractivity contribution in [3.63, 3.8) is 0 Å². The lowest BCUT2D eigenvalue weighted by atomic mass is 9.99. The van der Waals surface area contributed by atoms with Crippen LogP contribution < -0.4 is 15.4 Å². The Morgan fingerprint density at radius 3 is 2.72 bits per heavy atom. The van der Waals surface area contributed by atoms with Crippen LogP contribution in [0.3, 0.4) is 0 Å². The Labute approximate surface area is 189 Å². The van der Waals surface area contributed by atoms with E-state index in [0.29, 0.717) is 12.2 Å². The molecule has 0 bridgehead atoms. The number of carbonyl (C=O) groups excluding carboxylic acids is 2. The van der Waals surface area contributed by atoms with E-state index in [2.05, 4.69) is 15.6 Å². The van der Waals surface area contributed by atoms with Crippen molar-refractivity contribution in [1.82, 2.24) is 15.6 Å². The molecule has 2 unspecified atom stereocenters. The van der Waals surface area contributed by atoms with Gasteiger partial charge in [0.2, 0.25) is 5.91 Å². The lowest BCUT2D eigenvalue weighted by molar-refractivity contribution is -0.123. The minimum absolute atomic E-state index is 0.123. The molecular weight excluding hydrogens is 422 g/mol. The highest BCUT2D eigenvalue weighted by Gasteiger charge is 2.31. The number of para-hydroxylation sites is 1. The van der Waals surface area contributed by atoms with Gasteiger partial charge in [0.25, 0.3) is 5.91 Å². The number of aromatic nitrogens is 1. The third kappa shape index (κ3) is 3.94. The van der Waals surface area contributed by atoms with Gasteiger partial charge in [-0.15, -0.1) is 11.3 Å².